The molecule has 1 saturated heterocycles. The standard InChI is InChI=1S/C23H25F2N3O5S/c1-13(2)33-15-4-6-16(7-5-15)34(31,32)27-11-14(3)22(12-27)28-21-9-19(25)18(24)8-17(21)20(26-28)10-23(29)30/h4-9,13-14,22H,10-12H2,1-3H3,(H,29,30)/t14-,22+/m1/s1. The maximum absolute atomic E-state index is 14.0. The third kappa shape index (κ3) is 4.49. The summed E-state index contributed by atoms with van der Waals surface area (Å²) >= 11 is 0. The summed E-state index contributed by atoms with van der Waals surface area (Å²) in [7, 11) is -3.83. The Morgan fingerprint density at radius 1 is 1.18 bits per heavy atom. The molecule has 11 heteroatoms. The number of sulfonamides is 1. The largest absolute Gasteiger partial charge is 0.491 e. The SMILES string of the molecule is CC(C)Oc1ccc(S(=O)(=O)N2C[C@@H](C)[C@@H](n3nc(CC(=O)O)c4cc(F)c(F)cc43)C2)cc1. The van der Waals surface area contributed by atoms with Crippen molar-refractivity contribution >= 4 is 26.9 Å². The number of rotatable bonds is 7. The Morgan fingerprint density at radius 2 is 1.82 bits per heavy atom. The van der Waals surface area contributed by atoms with E-state index in [0.29, 0.717) is 5.75 Å². The van der Waals surface area contributed by atoms with Crippen molar-refractivity contribution in [3.05, 3.63) is 53.7 Å². The highest BCUT2D eigenvalue weighted by Gasteiger charge is 2.39. The van der Waals surface area contributed by atoms with Gasteiger partial charge in [-0.25, -0.2) is 17.2 Å². The van der Waals surface area contributed by atoms with Crippen LogP contribution in [0.2, 0.25) is 0 Å². The van der Waals surface area contributed by atoms with E-state index in [0.717, 1.165) is 12.1 Å². The molecule has 2 heterocycles. The number of carboxylic acids is 1. The van der Waals surface area contributed by atoms with Gasteiger partial charge in [0.15, 0.2) is 11.6 Å². The van der Waals surface area contributed by atoms with Gasteiger partial charge in [-0.05, 0) is 50.1 Å². The van der Waals surface area contributed by atoms with Crippen LogP contribution in [0, 0.1) is 17.6 Å². The Hall–Kier alpha value is -3.05. The van der Waals surface area contributed by atoms with Gasteiger partial charge in [0.25, 0.3) is 0 Å². The third-order valence-electron chi connectivity index (χ3n) is 5.83. The van der Waals surface area contributed by atoms with Gasteiger partial charge >= 0.3 is 5.97 Å². The Kier molecular flexibility index (Phi) is 6.34. The molecule has 1 aliphatic heterocycles. The predicted molar refractivity (Wildman–Crippen MR) is 120 cm³/mol. The number of carbonyl (C=O) groups is 1. The number of hydrogen-bond donors (Lipinski definition) is 1. The average molecular weight is 494 g/mol. The van der Waals surface area contributed by atoms with Crippen LogP contribution in [0.25, 0.3) is 10.9 Å². The van der Waals surface area contributed by atoms with Crippen LogP contribution in [0.5, 0.6) is 5.75 Å². The number of carboxylic acid groups (broad SMARTS) is 1. The number of ether oxygens (including phenoxy) is 1. The monoisotopic (exact) mass is 493 g/mol. The maximum atomic E-state index is 14.0. The molecule has 0 saturated carbocycles. The summed E-state index contributed by atoms with van der Waals surface area (Å²) in [6.45, 7) is 5.83. The average Bonchev–Trinajstić information content (AvgIpc) is 3.29. The minimum absolute atomic E-state index is 0.0455. The zero-order chi connectivity index (χ0) is 24.8. The molecule has 0 aliphatic carbocycles. The molecule has 8 nitrogen and oxygen atoms in total. The van der Waals surface area contributed by atoms with Crippen molar-refractivity contribution in [3.8, 4) is 5.75 Å². The van der Waals surface area contributed by atoms with E-state index in [4.69, 9.17) is 4.74 Å². The number of benzene rings is 2. The molecular weight excluding hydrogens is 468 g/mol. The fourth-order valence-corrected chi connectivity index (χ4v) is 5.81. The molecule has 4 rings (SSSR count). The summed E-state index contributed by atoms with van der Waals surface area (Å²) in [6.07, 6.45) is -0.515. The summed E-state index contributed by atoms with van der Waals surface area (Å²) in [4.78, 5) is 11.4. The number of nitrogens with zero attached hydrogens (tertiary/aromatic N) is 3. The second-order valence-electron chi connectivity index (χ2n) is 8.75. The molecule has 0 spiro atoms. The van der Waals surface area contributed by atoms with E-state index in [-0.39, 0.29) is 46.6 Å². The van der Waals surface area contributed by atoms with E-state index < -0.39 is 40.1 Å². The van der Waals surface area contributed by atoms with Gasteiger partial charge in [-0.15, -0.1) is 0 Å². The van der Waals surface area contributed by atoms with Crippen molar-refractivity contribution in [3.63, 3.8) is 0 Å². The number of aromatic nitrogens is 2. The van der Waals surface area contributed by atoms with Gasteiger partial charge in [0.1, 0.15) is 5.75 Å². The van der Waals surface area contributed by atoms with Crippen LogP contribution >= 0.6 is 0 Å². The lowest BCUT2D eigenvalue weighted by molar-refractivity contribution is -0.136. The molecule has 2 atom stereocenters. The highest BCUT2D eigenvalue weighted by atomic mass is 32.2. The van der Waals surface area contributed by atoms with Gasteiger partial charge in [-0.3, -0.25) is 9.48 Å². The lowest BCUT2D eigenvalue weighted by Gasteiger charge is -2.18. The first-order valence-corrected chi connectivity index (χ1v) is 12.3. The first kappa shape index (κ1) is 24.1. The second kappa shape index (κ2) is 8.95. The van der Waals surface area contributed by atoms with Gasteiger partial charge in [0.2, 0.25) is 10.0 Å². The molecule has 1 fully saturated rings. The molecule has 34 heavy (non-hydrogen) atoms. The third-order valence-corrected chi connectivity index (χ3v) is 7.68. The van der Waals surface area contributed by atoms with Crippen LogP contribution in [0.4, 0.5) is 8.78 Å². The van der Waals surface area contributed by atoms with E-state index >= 15 is 0 Å². The highest BCUT2D eigenvalue weighted by molar-refractivity contribution is 7.89. The Morgan fingerprint density at radius 3 is 2.44 bits per heavy atom. The first-order valence-electron chi connectivity index (χ1n) is 10.8. The van der Waals surface area contributed by atoms with Crippen molar-refractivity contribution in [2.75, 3.05) is 13.1 Å². The minimum Gasteiger partial charge on any atom is -0.491 e. The highest BCUT2D eigenvalue weighted by Crippen LogP contribution is 2.35. The summed E-state index contributed by atoms with van der Waals surface area (Å²) in [5, 5.41) is 13.7. The van der Waals surface area contributed by atoms with Crippen molar-refractivity contribution in [1.82, 2.24) is 14.1 Å². The predicted octanol–water partition coefficient (Wildman–Crippen LogP) is 3.61. The summed E-state index contributed by atoms with van der Waals surface area (Å²) < 4.78 is 62.8. The van der Waals surface area contributed by atoms with Crippen molar-refractivity contribution in [1.29, 1.82) is 0 Å². The van der Waals surface area contributed by atoms with Gasteiger partial charge in [-0.1, -0.05) is 6.92 Å². The number of fused-ring (bicyclic) bond motifs is 1. The molecule has 0 bridgehead atoms. The zero-order valence-electron chi connectivity index (χ0n) is 18.9. The first-order chi connectivity index (χ1) is 16.0. The molecule has 1 aliphatic rings. The molecule has 0 amide bonds. The fourth-order valence-electron chi connectivity index (χ4n) is 4.25. The molecular formula is C23H25F2N3O5S. The molecule has 1 N–H and O–H groups in total. The molecule has 0 radical (unpaired) electrons. The minimum atomic E-state index is -3.83. The summed E-state index contributed by atoms with van der Waals surface area (Å²) in [5.41, 5.74) is 0.317. The van der Waals surface area contributed by atoms with Gasteiger partial charge in [-0.2, -0.15) is 9.40 Å². The lowest BCUT2D eigenvalue weighted by Crippen LogP contribution is -2.29. The van der Waals surface area contributed by atoms with Crippen LogP contribution in [0.3, 0.4) is 0 Å². The fraction of sp³-hybridized carbons (Fsp3) is 0.391. The summed E-state index contributed by atoms with van der Waals surface area (Å²) in [5.74, 6) is -3.01. The lowest BCUT2D eigenvalue weighted by atomic mass is 10.1. The number of aliphatic carboxylic acids is 1. The smallest absolute Gasteiger partial charge is 0.309 e. The Bertz CT molecular complexity index is 1340. The normalized spacial score (nSPS) is 19.2. The zero-order valence-corrected chi connectivity index (χ0v) is 19.7. The van der Waals surface area contributed by atoms with Crippen molar-refractivity contribution in [2.45, 2.75) is 44.2 Å². The molecule has 0 unspecified atom stereocenters. The van der Waals surface area contributed by atoms with E-state index in [2.05, 4.69) is 5.10 Å². The molecule has 182 valence electrons. The molecule has 2 aromatic carbocycles. The van der Waals surface area contributed by atoms with E-state index in [1.165, 1.54) is 21.1 Å². The summed E-state index contributed by atoms with van der Waals surface area (Å²) in [6, 6.07) is 7.57. The Labute approximate surface area is 195 Å². The van der Waals surface area contributed by atoms with Crippen molar-refractivity contribution in [2.24, 2.45) is 5.92 Å². The van der Waals surface area contributed by atoms with Crippen LogP contribution in [-0.4, -0.2) is 52.8 Å². The van der Waals surface area contributed by atoms with Gasteiger partial charge in [0.05, 0.1) is 34.7 Å². The van der Waals surface area contributed by atoms with Crippen LogP contribution in [0.1, 0.15) is 32.5 Å². The van der Waals surface area contributed by atoms with Crippen LogP contribution in [0.15, 0.2) is 41.3 Å². The van der Waals surface area contributed by atoms with E-state index in [1.807, 2.05) is 20.8 Å². The number of hydrogen-bond acceptors (Lipinski definition) is 5. The number of halogens is 2. The topological polar surface area (TPSA) is 102 Å². The van der Waals surface area contributed by atoms with E-state index in [9.17, 15) is 27.1 Å². The second-order valence-corrected chi connectivity index (χ2v) is 10.7. The molecule has 3 aromatic rings. The van der Waals surface area contributed by atoms with Crippen LogP contribution < -0.4 is 4.74 Å². The van der Waals surface area contributed by atoms with Gasteiger partial charge < -0.3 is 9.84 Å². The quantitative estimate of drug-likeness (QED) is 0.540. The maximum Gasteiger partial charge on any atom is 0.309 e. The van der Waals surface area contributed by atoms with Gasteiger partial charge in [0, 0.05) is 24.5 Å². The molecule has 1 aromatic heterocycles. The van der Waals surface area contributed by atoms with E-state index in [1.54, 1.807) is 12.1 Å². The van der Waals surface area contributed by atoms with Crippen LogP contribution in [-0.2, 0) is 21.2 Å². The Balaban J connectivity index is 1.67. The van der Waals surface area contributed by atoms with Crippen molar-refractivity contribution < 1.29 is 31.8 Å².